The molecule has 1 unspecified atom stereocenters. The predicted octanol–water partition coefficient (Wildman–Crippen LogP) is 1.21. The number of hydrogen-bond donors (Lipinski definition) is 0. The van der Waals surface area contributed by atoms with Crippen molar-refractivity contribution in [2.45, 2.75) is 20.3 Å². The fraction of sp³-hybridized carbons (Fsp3) is 0.643. The molecule has 0 amide bonds. The highest BCUT2D eigenvalue weighted by Gasteiger charge is 2.21. The number of rotatable bonds is 5. The van der Waals surface area contributed by atoms with E-state index in [2.05, 4.69) is 26.7 Å². The molecular formula is C14H22N4O. The van der Waals surface area contributed by atoms with Gasteiger partial charge in [0, 0.05) is 44.5 Å². The molecule has 5 nitrogen and oxygen atoms in total. The molecule has 0 bridgehead atoms. The molecule has 0 aliphatic carbocycles. The maximum Gasteiger partial charge on any atom is 0.225 e. The quantitative estimate of drug-likeness (QED) is 0.798. The standard InChI is InChI=1S/C14H22N4O/c1-3-12(2)13(19)11-17-7-9-18(10-8-17)14-15-5-4-6-16-14/h4-6,12H,3,7-11H2,1-2H3. The van der Waals surface area contributed by atoms with Gasteiger partial charge in [0.15, 0.2) is 0 Å². The van der Waals surface area contributed by atoms with E-state index in [0.717, 1.165) is 38.5 Å². The van der Waals surface area contributed by atoms with Crippen molar-refractivity contribution >= 4 is 11.7 Å². The van der Waals surface area contributed by atoms with E-state index in [0.29, 0.717) is 12.3 Å². The molecule has 0 spiro atoms. The number of aromatic nitrogens is 2. The zero-order valence-electron chi connectivity index (χ0n) is 11.7. The highest BCUT2D eigenvalue weighted by molar-refractivity contribution is 5.82. The van der Waals surface area contributed by atoms with Crippen molar-refractivity contribution in [3.05, 3.63) is 18.5 Å². The molecule has 0 saturated carbocycles. The number of anilines is 1. The maximum atomic E-state index is 11.9. The van der Waals surface area contributed by atoms with E-state index in [1.165, 1.54) is 0 Å². The molecule has 2 rings (SSSR count). The summed E-state index contributed by atoms with van der Waals surface area (Å²) < 4.78 is 0. The van der Waals surface area contributed by atoms with Crippen LogP contribution >= 0.6 is 0 Å². The number of piperazine rings is 1. The molecule has 1 fully saturated rings. The molecule has 0 radical (unpaired) electrons. The fourth-order valence-corrected chi connectivity index (χ4v) is 2.16. The van der Waals surface area contributed by atoms with E-state index >= 15 is 0 Å². The monoisotopic (exact) mass is 262 g/mol. The van der Waals surface area contributed by atoms with Gasteiger partial charge in [-0.2, -0.15) is 0 Å². The number of ketones is 1. The van der Waals surface area contributed by atoms with Crippen LogP contribution in [0.25, 0.3) is 0 Å². The second-order valence-electron chi connectivity index (χ2n) is 5.09. The minimum absolute atomic E-state index is 0.176. The maximum absolute atomic E-state index is 11.9. The van der Waals surface area contributed by atoms with Crippen molar-refractivity contribution in [2.24, 2.45) is 5.92 Å². The predicted molar refractivity (Wildman–Crippen MR) is 75.1 cm³/mol. The van der Waals surface area contributed by atoms with Crippen LogP contribution in [0, 0.1) is 5.92 Å². The summed E-state index contributed by atoms with van der Waals surface area (Å²) in [6, 6.07) is 1.82. The molecule has 1 aromatic rings. The van der Waals surface area contributed by atoms with E-state index in [1.807, 2.05) is 13.0 Å². The second kappa shape index (κ2) is 6.61. The lowest BCUT2D eigenvalue weighted by Gasteiger charge is -2.34. The van der Waals surface area contributed by atoms with E-state index in [1.54, 1.807) is 12.4 Å². The van der Waals surface area contributed by atoms with Crippen LogP contribution in [0.15, 0.2) is 18.5 Å². The first-order valence-corrected chi connectivity index (χ1v) is 6.97. The SMILES string of the molecule is CCC(C)C(=O)CN1CCN(c2ncccn2)CC1. The Morgan fingerprint density at radius 3 is 2.47 bits per heavy atom. The first-order chi connectivity index (χ1) is 9.20. The van der Waals surface area contributed by atoms with Crippen molar-refractivity contribution in [1.29, 1.82) is 0 Å². The van der Waals surface area contributed by atoms with Crippen molar-refractivity contribution in [3.63, 3.8) is 0 Å². The molecule has 1 atom stereocenters. The summed E-state index contributed by atoms with van der Waals surface area (Å²) in [5.41, 5.74) is 0. The van der Waals surface area contributed by atoms with E-state index in [-0.39, 0.29) is 5.92 Å². The number of carbonyl (C=O) groups is 1. The van der Waals surface area contributed by atoms with Crippen molar-refractivity contribution in [2.75, 3.05) is 37.6 Å². The van der Waals surface area contributed by atoms with Crippen LogP contribution in [0.2, 0.25) is 0 Å². The number of Topliss-reactive ketones (excluding diaryl/α,β-unsaturated/α-hetero) is 1. The summed E-state index contributed by atoms with van der Waals surface area (Å²) in [6.07, 6.45) is 4.46. The average molecular weight is 262 g/mol. The Kier molecular flexibility index (Phi) is 4.85. The molecular weight excluding hydrogens is 240 g/mol. The van der Waals surface area contributed by atoms with Crippen LogP contribution in [0.3, 0.4) is 0 Å². The first kappa shape index (κ1) is 13.9. The molecule has 1 aliphatic rings. The fourth-order valence-electron chi connectivity index (χ4n) is 2.16. The van der Waals surface area contributed by atoms with Gasteiger partial charge in [0.1, 0.15) is 5.78 Å². The Morgan fingerprint density at radius 2 is 1.89 bits per heavy atom. The molecule has 19 heavy (non-hydrogen) atoms. The largest absolute Gasteiger partial charge is 0.338 e. The molecule has 0 N–H and O–H groups in total. The van der Waals surface area contributed by atoms with Crippen molar-refractivity contribution in [1.82, 2.24) is 14.9 Å². The summed E-state index contributed by atoms with van der Waals surface area (Å²) >= 11 is 0. The molecule has 5 heteroatoms. The summed E-state index contributed by atoms with van der Waals surface area (Å²) in [4.78, 5) is 24.8. The Balaban J connectivity index is 1.81. The van der Waals surface area contributed by atoms with Crippen LogP contribution in [0.5, 0.6) is 0 Å². The summed E-state index contributed by atoms with van der Waals surface area (Å²) in [5, 5.41) is 0. The summed E-state index contributed by atoms with van der Waals surface area (Å²) in [5.74, 6) is 1.32. The Bertz CT molecular complexity index is 401. The van der Waals surface area contributed by atoms with Gasteiger partial charge < -0.3 is 4.90 Å². The van der Waals surface area contributed by atoms with Gasteiger partial charge in [0.2, 0.25) is 5.95 Å². The average Bonchev–Trinajstić information content (AvgIpc) is 2.48. The van der Waals surface area contributed by atoms with E-state index < -0.39 is 0 Å². The van der Waals surface area contributed by atoms with Gasteiger partial charge in [-0.05, 0) is 12.5 Å². The zero-order valence-corrected chi connectivity index (χ0v) is 11.7. The van der Waals surface area contributed by atoms with Crippen LogP contribution in [-0.4, -0.2) is 53.4 Å². The van der Waals surface area contributed by atoms with Crippen molar-refractivity contribution < 1.29 is 4.79 Å². The lowest BCUT2D eigenvalue weighted by atomic mass is 10.0. The third-order valence-corrected chi connectivity index (χ3v) is 3.75. The molecule has 2 heterocycles. The number of hydrogen-bond acceptors (Lipinski definition) is 5. The normalized spacial score (nSPS) is 18.3. The number of carbonyl (C=O) groups excluding carboxylic acids is 1. The van der Waals surface area contributed by atoms with Crippen LogP contribution in [-0.2, 0) is 4.79 Å². The summed E-state index contributed by atoms with van der Waals surface area (Å²) in [6.45, 7) is 8.23. The Labute approximate surface area is 114 Å². The highest BCUT2D eigenvalue weighted by Crippen LogP contribution is 2.11. The molecule has 1 aliphatic heterocycles. The third kappa shape index (κ3) is 3.73. The lowest BCUT2D eigenvalue weighted by molar-refractivity contribution is -0.123. The van der Waals surface area contributed by atoms with E-state index in [9.17, 15) is 4.79 Å². The second-order valence-corrected chi connectivity index (χ2v) is 5.09. The molecule has 104 valence electrons. The Hall–Kier alpha value is -1.49. The molecule has 1 aromatic heterocycles. The van der Waals surface area contributed by atoms with Gasteiger partial charge in [-0.25, -0.2) is 9.97 Å². The van der Waals surface area contributed by atoms with Gasteiger partial charge in [0.05, 0.1) is 6.54 Å². The van der Waals surface area contributed by atoms with Crippen LogP contribution in [0.1, 0.15) is 20.3 Å². The Morgan fingerprint density at radius 1 is 1.26 bits per heavy atom. The highest BCUT2D eigenvalue weighted by atomic mass is 16.1. The minimum atomic E-state index is 0.176. The van der Waals surface area contributed by atoms with Gasteiger partial charge in [-0.3, -0.25) is 9.69 Å². The topological polar surface area (TPSA) is 49.3 Å². The van der Waals surface area contributed by atoms with Crippen LogP contribution in [0.4, 0.5) is 5.95 Å². The zero-order chi connectivity index (χ0) is 13.7. The first-order valence-electron chi connectivity index (χ1n) is 6.97. The number of nitrogens with zero attached hydrogens (tertiary/aromatic N) is 4. The van der Waals surface area contributed by atoms with Gasteiger partial charge in [0.25, 0.3) is 0 Å². The third-order valence-electron chi connectivity index (χ3n) is 3.75. The van der Waals surface area contributed by atoms with Crippen molar-refractivity contribution in [3.8, 4) is 0 Å². The smallest absolute Gasteiger partial charge is 0.225 e. The van der Waals surface area contributed by atoms with E-state index in [4.69, 9.17) is 0 Å². The van der Waals surface area contributed by atoms with Gasteiger partial charge in [-0.15, -0.1) is 0 Å². The van der Waals surface area contributed by atoms with Crippen LogP contribution < -0.4 is 4.90 Å². The summed E-state index contributed by atoms with van der Waals surface area (Å²) in [7, 11) is 0. The molecule has 1 saturated heterocycles. The lowest BCUT2D eigenvalue weighted by Crippen LogP contribution is -2.49. The minimum Gasteiger partial charge on any atom is -0.338 e. The molecule has 0 aromatic carbocycles. The van der Waals surface area contributed by atoms with Gasteiger partial charge in [-0.1, -0.05) is 13.8 Å². The van der Waals surface area contributed by atoms with Gasteiger partial charge >= 0.3 is 0 Å².